The Hall–Kier alpha value is -3.42. The minimum Gasteiger partial charge on any atom is -0.320 e. The molecular formula is C18H12F3N3O2. The number of rotatable bonds is 3. The molecule has 3 rings (SSSR count). The van der Waals surface area contributed by atoms with Crippen LogP contribution in [0.5, 0.6) is 0 Å². The maximum atomic E-state index is 12.8. The van der Waals surface area contributed by atoms with Gasteiger partial charge in [0.1, 0.15) is 0 Å². The van der Waals surface area contributed by atoms with Gasteiger partial charge in [-0.15, -0.1) is 0 Å². The Balaban J connectivity index is 1.90. The van der Waals surface area contributed by atoms with Crippen LogP contribution in [0.4, 0.5) is 18.9 Å². The fraction of sp³-hybridized carbons (Fsp3) is 0.0556. The summed E-state index contributed by atoms with van der Waals surface area (Å²) < 4.78 is 39.6. The summed E-state index contributed by atoms with van der Waals surface area (Å²) in [5.41, 5.74) is -1.42. The van der Waals surface area contributed by atoms with Crippen LogP contribution in [0.2, 0.25) is 0 Å². The number of anilines is 1. The SMILES string of the molecule is O=C(Nc1cccc(C(F)(F)F)c1)c1nn(-c2ccccc2)ccc1=O. The molecule has 0 bridgehead atoms. The van der Waals surface area contributed by atoms with Crippen molar-refractivity contribution in [3.8, 4) is 5.69 Å². The molecule has 0 unspecified atom stereocenters. The van der Waals surface area contributed by atoms with Crippen LogP contribution in [0, 0.1) is 0 Å². The van der Waals surface area contributed by atoms with Crippen molar-refractivity contribution in [1.82, 2.24) is 9.78 Å². The average Bonchev–Trinajstić information content (AvgIpc) is 2.62. The number of para-hydroxylation sites is 1. The van der Waals surface area contributed by atoms with E-state index in [0.717, 1.165) is 12.1 Å². The number of benzene rings is 2. The molecule has 0 aliphatic rings. The smallest absolute Gasteiger partial charge is 0.320 e. The van der Waals surface area contributed by atoms with Crippen molar-refractivity contribution >= 4 is 11.6 Å². The van der Waals surface area contributed by atoms with E-state index in [-0.39, 0.29) is 5.69 Å². The van der Waals surface area contributed by atoms with Crippen LogP contribution < -0.4 is 10.7 Å². The van der Waals surface area contributed by atoms with Gasteiger partial charge >= 0.3 is 6.18 Å². The molecule has 0 aliphatic carbocycles. The van der Waals surface area contributed by atoms with E-state index in [1.54, 1.807) is 30.3 Å². The van der Waals surface area contributed by atoms with Crippen LogP contribution in [0.3, 0.4) is 0 Å². The lowest BCUT2D eigenvalue weighted by atomic mass is 10.2. The molecule has 1 N–H and O–H groups in total. The van der Waals surface area contributed by atoms with Crippen LogP contribution in [0.1, 0.15) is 16.1 Å². The van der Waals surface area contributed by atoms with Gasteiger partial charge in [0.25, 0.3) is 5.91 Å². The minimum absolute atomic E-state index is 0.0823. The molecule has 0 saturated carbocycles. The number of hydrogen-bond acceptors (Lipinski definition) is 3. The number of nitrogens with zero attached hydrogens (tertiary/aromatic N) is 2. The minimum atomic E-state index is -4.54. The van der Waals surface area contributed by atoms with Crippen LogP contribution in [-0.4, -0.2) is 15.7 Å². The van der Waals surface area contributed by atoms with E-state index in [0.29, 0.717) is 5.69 Å². The first-order chi connectivity index (χ1) is 12.3. The lowest BCUT2D eigenvalue weighted by molar-refractivity contribution is -0.137. The van der Waals surface area contributed by atoms with Gasteiger partial charge in [-0.3, -0.25) is 9.59 Å². The number of aromatic nitrogens is 2. The highest BCUT2D eigenvalue weighted by Crippen LogP contribution is 2.30. The molecule has 1 amide bonds. The molecule has 3 aromatic rings. The molecule has 0 aliphatic heterocycles. The molecule has 0 saturated heterocycles. The maximum absolute atomic E-state index is 12.8. The summed E-state index contributed by atoms with van der Waals surface area (Å²) in [5, 5.41) is 6.26. The predicted octanol–water partition coefficient (Wildman–Crippen LogP) is 3.50. The largest absolute Gasteiger partial charge is 0.416 e. The number of carbonyl (C=O) groups excluding carboxylic acids is 1. The Morgan fingerprint density at radius 2 is 1.73 bits per heavy atom. The average molecular weight is 359 g/mol. The standard InChI is InChI=1S/C18H12F3N3O2/c19-18(20,21)12-5-4-6-13(11-12)22-17(26)16-15(25)9-10-24(23-16)14-7-2-1-3-8-14/h1-11H,(H,22,26). The van der Waals surface area contributed by atoms with Gasteiger partial charge in [-0.2, -0.15) is 18.3 Å². The number of halogens is 3. The summed E-state index contributed by atoms with van der Waals surface area (Å²) in [4.78, 5) is 24.3. The number of alkyl halides is 3. The van der Waals surface area contributed by atoms with Crippen LogP contribution in [0.25, 0.3) is 5.69 Å². The molecule has 1 heterocycles. The van der Waals surface area contributed by atoms with Crippen LogP contribution in [0.15, 0.2) is 71.7 Å². The Morgan fingerprint density at radius 1 is 1.00 bits per heavy atom. The first kappa shape index (κ1) is 17.4. The van der Waals surface area contributed by atoms with Gasteiger partial charge in [0.05, 0.1) is 11.3 Å². The van der Waals surface area contributed by atoms with E-state index in [1.165, 1.54) is 29.1 Å². The van der Waals surface area contributed by atoms with Crippen molar-refractivity contribution in [3.05, 3.63) is 88.3 Å². The highest BCUT2D eigenvalue weighted by molar-refractivity contribution is 6.02. The fourth-order valence-electron chi connectivity index (χ4n) is 2.25. The van der Waals surface area contributed by atoms with E-state index in [4.69, 9.17) is 0 Å². The first-order valence-electron chi connectivity index (χ1n) is 7.48. The topological polar surface area (TPSA) is 64.0 Å². The second-order valence-electron chi connectivity index (χ2n) is 5.34. The van der Waals surface area contributed by atoms with E-state index >= 15 is 0 Å². The second-order valence-corrected chi connectivity index (χ2v) is 5.34. The van der Waals surface area contributed by atoms with E-state index in [9.17, 15) is 22.8 Å². The Kier molecular flexibility index (Phi) is 4.57. The molecule has 1 aromatic heterocycles. The quantitative estimate of drug-likeness (QED) is 0.778. The monoisotopic (exact) mass is 359 g/mol. The summed E-state index contributed by atoms with van der Waals surface area (Å²) in [6.07, 6.45) is -3.13. The van der Waals surface area contributed by atoms with Crippen molar-refractivity contribution in [2.45, 2.75) is 6.18 Å². The third kappa shape index (κ3) is 3.80. The molecule has 0 atom stereocenters. The Labute approximate surface area is 145 Å². The van der Waals surface area contributed by atoms with Gasteiger partial charge in [-0.05, 0) is 30.3 Å². The van der Waals surface area contributed by atoms with Gasteiger partial charge in [0.15, 0.2) is 5.69 Å². The van der Waals surface area contributed by atoms with Gasteiger partial charge in [-0.1, -0.05) is 24.3 Å². The maximum Gasteiger partial charge on any atom is 0.416 e. The van der Waals surface area contributed by atoms with Gasteiger partial charge in [-0.25, -0.2) is 4.68 Å². The molecule has 8 heteroatoms. The lowest BCUT2D eigenvalue weighted by Gasteiger charge is -2.10. The zero-order valence-electron chi connectivity index (χ0n) is 13.2. The van der Waals surface area contributed by atoms with Gasteiger partial charge < -0.3 is 5.32 Å². The number of hydrogen-bond donors (Lipinski definition) is 1. The third-order valence-corrected chi connectivity index (χ3v) is 3.49. The van der Waals surface area contributed by atoms with Crippen molar-refractivity contribution in [3.63, 3.8) is 0 Å². The molecular weight excluding hydrogens is 347 g/mol. The normalized spacial score (nSPS) is 11.2. The highest BCUT2D eigenvalue weighted by Gasteiger charge is 2.30. The number of amides is 1. The molecule has 132 valence electrons. The highest BCUT2D eigenvalue weighted by atomic mass is 19.4. The first-order valence-corrected chi connectivity index (χ1v) is 7.48. The van der Waals surface area contributed by atoms with Crippen molar-refractivity contribution in [2.75, 3.05) is 5.32 Å². The molecule has 26 heavy (non-hydrogen) atoms. The van der Waals surface area contributed by atoms with E-state index in [1.807, 2.05) is 0 Å². The van der Waals surface area contributed by atoms with Crippen LogP contribution >= 0.6 is 0 Å². The molecule has 0 fully saturated rings. The second kappa shape index (κ2) is 6.83. The third-order valence-electron chi connectivity index (χ3n) is 3.49. The summed E-state index contributed by atoms with van der Waals surface area (Å²) in [7, 11) is 0. The van der Waals surface area contributed by atoms with Gasteiger partial charge in [0.2, 0.25) is 5.43 Å². The molecule has 2 aromatic carbocycles. The summed E-state index contributed by atoms with van der Waals surface area (Å²) in [6.45, 7) is 0. The zero-order valence-corrected chi connectivity index (χ0v) is 13.2. The van der Waals surface area contributed by atoms with Crippen molar-refractivity contribution in [2.24, 2.45) is 0 Å². The lowest BCUT2D eigenvalue weighted by Crippen LogP contribution is -2.25. The summed E-state index contributed by atoms with van der Waals surface area (Å²) in [5.74, 6) is -0.889. The number of carbonyl (C=O) groups is 1. The molecule has 0 radical (unpaired) electrons. The fourth-order valence-corrected chi connectivity index (χ4v) is 2.25. The summed E-state index contributed by atoms with van der Waals surface area (Å²) >= 11 is 0. The van der Waals surface area contributed by atoms with Crippen LogP contribution in [-0.2, 0) is 6.18 Å². The molecule has 0 spiro atoms. The van der Waals surface area contributed by atoms with Gasteiger partial charge in [0, 0.05) is 18.0 Å². The summed E-state index contributed by atoms with van der Waals surface area (Å²) in [6, 6.07) is 14.1. The van der Waals surface area contributed by atoms with E-state index < -0.39 is 28.8 Å². The molecule has 5 nitrogen and oxygen atoms in total. The number of nitrogens with one attached hydrogen (secondary N) is 1. The Morgan fingerprint density at radius 3 is 2.42 bits per heavy atom. The van der Waals surface area contributed by atoms with Crippen molar-refractivity contribution in [1.29, 1.82) is 0 Å². The predicted molar refractivity (Wildman–Crippen MR) is 89.2 cm³/mol. The van der Waals surface area contributed by atoms with Crippen molar-refractivity contribution < 1.29 is 18.0 Å². The zero-order chi connectivity index (χ0) is 18.7. The van der Waals surface area contributed by atoms with E-state index in [2.05, 4.69) is 10.4 Å². The Bertz CT molecular complexity index is 998.